The van der Waals surface area contributed by atoms with Crippen LogP contribution in [0.1, 0.15) is 0 Å². The van der Waals surface area contributed by atoms with Crippen LogP contribution >= 0.6 is 7.60 Å². The van der Waals surface area contributed by atoms with Crippen LogP contribution in [0, 0.1) is 0 Å². The highest BCUT2D eigenvalue weighted by Crippen LogP contribution is 2.34. The van der Waals surface area contributed by atoms with Gasteiger partial charge in [0.15, 0.2) is 6.35 Å². The minimum atomic E-state index is -4.37. The van der Waals surface area contributed by atoms with Gasteiger partial charge in [-0.3, -0.25) is 9.13 Å². The van der Waals surface area contributed by atoms with Gasteiger partial charge in [0.05, 0.1) is 6.54 Å². The molecule has 0 aliphatic rings. The Balaban J connectivity index is 2.15. The molecule has 1 heterocycles. The van der Waals surface area contributed by atoms with Gasteiger partial charge in [0.1, 0.15) is 11.6 Å². The summed E-state index contributed by atoms with van der Waals surface area (Å²) < 4.78 is 22.7. The molecule has 0 amide bonds. The van der Waals surface area contributed by atoms with E-state index in [1.54, 1.807) is 30.3 Å². The van der Waals surface area contributed by atoms with Crippen molar-refractivity contribution in [1.29, 1.82) is 0 Å². The topological polar surface area (TPSA) is 137 Å². The smallest absolute Gasteiger partial charge is 0.351 e. The third-order valence-electron chi connectivity index (χ3n) is 2.68. The predicted octanol–water partition coefficient (Wildman–Crippen LogP) is 0.382. The summed E-state index contributed by atoms with van der Waals surface area (Å²) in [6, 6.07) is 9.96. The fourth-order valence-electron chi connectivity index (χ4n) is 1.70. The standard InChI is InChI=1S/C13H16N3O6P/c14-11-6-7-16(13(17)15-11)8-12(21-9-23(18,19)20)22-10-4-2-1-3-5-10/h1-7,12H,8-9H2,(H2,14,15,17)(H2,18,19,20). The minimum Gasteiger partial charge on any atom is -0.463 e. The summed E-state index contributed by atoms with van der Waals surface area (Å²) in [5.74, 6) is 0.502. The SMILES string of the molecule is Nc1ccn(CC(OCP(=O)(O)O)Oc2ccccc2)c(=O)n1. The van der Waals surface area contributed by atoms with Gasteiger partial charge in [-0.05, 0) is 18.2 Å². The number of nitrogen functional groups attached to an aromatic ring is 1. The van der Waals surface area contributed by atoms with E-state index < -0.39 is 25.9 Å². The second-order valence-corrected chi connectivity index (χ2v) is 6.20. The average molecular weight is 341 g/mol. The van der Waals surface area contributed by atoms with Crippen molar-refractivity contribution in [2.24, 2.45) is 0 Å². The van der Waals surface area contributed by atoms with Crippen molar-refractivity contribution in [3.05, 3.63) is 53.1 Å². The lowest BCUT2D eigenvalue weighted by Gasteiger charge is -2.20. The first-order chi connectivity index (χ1) is 10.8. The Labute approximate surface area is 131 Å². The molecule has 1 aromatic heterocycles. The van der Waals surface area contributed by atoms with Crippen LogP contribution in [0.4, 0.5) is 5.82 Å². The molecule has 2 aromatic rings. The normalized spacial score (nSPS) is 12.8. The first-order valence-electron chi connectivity index (χ1n) is 6.54. The summed E-state index contributed by atoms with van der Waals surface area (Å²) in [6.45, 7) is -0.110. The molecule has 0 spiro atoms. The maximum absolute atomic E-state index is 11.7. The second-order valence-electron chi connectivity index (χ2n) is 4.61. The maximum Gasteiger partial charge on any atom is 0.351 e. The zero-order chi connectivity index (χ0) is 16.9. The Morgan fingerprint density at radius 2 is 1.96 bits per heavy atom. The molecule has 1 atom stereocenters. The van der Waals surface area contributed by atoms with Crippen molar-refractivity contribution >= 4 is 13.4 Å². The molecule has 0 radical (unpaired) electrons. The maximum atomic E-state index is 11.7. The van der Waals surface area contributed by atoms with E-state index in [1.165, 1.54) is 16.8 Å². The van der Waals surface area contributed by atoms with Crippen molar-refractivity contribution in [2.45, 2.75) is 12.8 Å². The zero-order valence-corrected chi connectivity index (χ0v) is 12.9. The first kappa shape index (κ1) is 17.2. The van der Waals surface area contributed by atoms with Gasteiger partial charge in [-0.1, -0.05) is 18.2 Å². The molecule has 0 saturated carbocycles. The van der Waals surface area contributed by atoms with E-state index in [-0.39, 0.29) is 12.4 Å². The summed E-state index contributed by atoms with van der Waals surface area (Å²) in [5.41, 5.74) is 4.79. The quantitative estimate of drug-likeness (QED) is 0.486. The van der Waals surface area contributed by atoms with Crippen LogP contribution in [-0.2, 0) is 15.8 Å². The Morgan fingerprint density at radius 1 is 1.26 bits per heavy atom. The summed E-state index contributed by atoms with van der Waals surface area (Å²) in [6.07, 6.45) is -0.526. The highest BCUT2D eigenvalue weighted by molar-refractivity contribution is 7.51. The molecule has 23 heavy (non-hydrogen) atoms. The second kappa shape index (κ2) is 7.38. The van der Waals surface area contributed by atoms with Crippen molar-refractivity contribution in [3.63, 3.8) is 0 Å². The van der Waals surface area contributed by atoms with Gasteiger partial charge in [0, 0.05) is 6.20 Å². The highest BCUT2D eigenvalue weighted by Gasteiger charge is 2.20. The number of nitrogens with two attached hydrogens (primary N) is 1. The van der Waals surface area contributed by atoms with Gasteiger partial charge in [0.2, 0.25) is 6.29 Å². The Morgan fingerprint density at radius 3 is 2.57 bits per heavy atom. The first-order valence-corrected chi connectivity index (χ1v) is 8.34. The minimum absolute atomic E-state index is 0.0721. The van der Waals surface area contributed by atoms with Gasteiger partial charge in [0.25, 0.3) is 0 Å². The van der Waals surface area contributed by atoms with Gasteiger partial charge in [-0.25, -0.2) is 4.79 Å². The highest BCUT2D eigenvalue weighted by atomic mass is 31.2. The number of nitrogens with zero attached hydrogens (tertiary/aromatic N) is 2. The Bertz CT molecular complexity index is 745. The van der Waals surface area contributed by atoms with E-state index in [4.69, 9.17) is 25.0 Å². The van der Waals surface area contributed by atoms with E-state index in [2.05, 4.69) is 4.98 Å². The van der Waals surface area contributed by atoms with Crippen LogP contribution < -0.4 is 16.2 Å². The molecular weight excluding hydrogens is 325 g/mol. The molecule has 0 fully saturated rings. The average Bonchev–Trinajstić information content (AvgIpc) is 2.48. The van der Waals surface area contributed by atoms with Crippen LogP contribution in [0.3, 0.4) is 0 Å². The van der Waals surface area contributed by atoms with Gasteiger partial charge < -0.3 is 25.0 Å². The largest absolute Gasteiger partial charge is 0.463 e. The van der Waals surface area contributed by atoms with Crippen molar-refractivity contribution < 1.29 is 23.8 Å². The number of ether oxygens (including phenoxy) is 2. The number of hydrogen-bond acceptors (Lipinski definition) is 6. The third kappa shape index (κ3) is 5.84. The molecule has 0 bridgehead atoms. The van der Waals surface area contributed by atoms with E-state index in [1.807, 2.05) is 0 Å². The van der Waals surface area contributed by atoms with Crippen LogP contribution in [0.25, 0.3) is 0 Å². The molecule has 1 unspecified atom stereocenters. The lowest BCUT2D eigenvalue weighted by molar-refractivity contribution is -0.0768. The number of hydrogen-bond donors (Lipinski definition) is 3. The summed E-state index contributed by atoms with van der Waals surface area (Å²) in [5, 5.41) is 0. The van der Waals surface area contributed by atoms with Crippen molar-refractivity contribution in [3.8, 4) is 5.75 Å². The molecule has 0 saturated heterocycles. The number of para-hydroxylation sites is 1. The van der Waals surface area contributed by atoms with E-state index in [0.29, 0.717) is 5.75 Å². The predicted molar refractivity (Wildman–Crippen MR) is 81.8 cm³/mol. The van der Waals surface area contributed by atoms with Crippen LogP contribution in [-0.4, -0.2) is 32.0 Å². The van der Waals surface area contributed by atoms with Gasteiger partial charge >= 0.3 is 13.3 Å². The summed E-state index contributed by atoms with van der Waals surface area (Å²) in [4.78, 5) is 33.1. The lowest BCUT2D eigenvalue weighted by atomic mass is 10.3. The van der Waals surface area contributed by atoms with Gasteiger partial charge in [-0.2, -0.15) is 4.98 Å². The van der Waals surface area contributed by atoms with Crippen LogP contribution in [0.2, 0.25) is 0 Å². The Hall–Kier alpha value is -2.19. The Kier molecular flexibility index (Phi) is 5.51. The molecule has 9 nitrogen and oxygen atoms in total. The summed E-state index contributed by atoms with van der Waals surface area (Å²) in [7, 11) is -4.37. The molecular formula is C13H16N3O6P. The van der Waals surface area contributed by atoms with Crippen molar-refractivity contribution in [2.75, 3.05) is 12.1 Å². The fourth-order valence-corrected chi connectivity index (χ4v) is 2.06. The molecule has 0 aliphatic carbocycles. The molecule has 124 valence electrons. The lowest BCUT2D eigenvalue weighted by Crippen LogP contribution is -2.33. The molecule has 10 heteroatoms. The number of benzene rings is 1. The molecule has 1 aromatic carbocycles. The third-order valence-corrected chi connectivity index (χ3v) is 3.17. The molecule has 2 rings (SSSR count). The number of aromatic nitrogens is 2. The molecule has 0 aliphatic heterocycles. The summed E-state index contributed by atoms with van der Waals surface area (Å²) >= 11 is 0. The van der Waals surface area contributed by atoms with E-state index in [0.717, 1.165) is 0 Å². The zero-order valence-electron chi connectivity index (χ0n) is 12.0. The van der Waals surface area contributed by atoms with Crippen molar-refractivity contribution in [1.82, 2.24) is 9.55 Å². The molecule has 4 N–H and O–H groups in total. The van der Waals surface area contributed by atoms with Crippen LogP contribution in [0.15, 0.2) is 47.4 Å². The van der Waals surface area contributed by atoms with Crippen LogP contribution in [0.5, 0.6) is 5.75 Å². The fraction of sp³-hybridized carbons (Fsp3) is 0.231. The van der Waals surface area contributed by atoms with E-state index in [9.17, 15) is 9.36 Å². The van der Waals surface area contributed by atoms with E-state index >= 15 is 0 Å². The number of anilines is 1. The number of rotatable bonds is 7. The monoisotopic (exact) mass is 341 g/mol. The van der Waals surface area contributed by atoms with Gasteiger partial charge in [-0.15, -0.1) is 0 Å².